The van der Waals surface area contributed by atoms with Crippen molar-refractivity contribution in [2.45, 2.75) is 6.18 Å². The maximum atomic E-state index is 12.9. The highest BCUT2D eigenvalue weighted by Gasteiger charge is 2.33. The van der Waals surface area contributed by atoms with Crippen LogP contribution in [0.2, 0.25) is 5.02 Å². The molecule has 0 radical (unpaired) electrons. The second kappa shape index (κ2) is 5.63. The Balaban J connectivity index is 2.31. The van der Waals surface area contributed by atoms with Crippen molar-refractivity contribution < 1.29 is 17.6 Å². The molecule has 0 N–H and O–H groups in total. The Morgan fingerprint density at radius 2 is 1.80 bits per heavy atom. The van der Waals surface area contributed by atoms with Crippen molar-refractivity contribution in [2.24, 2.45) is 4.99 Å². The van der Waals surface area contributed by atoms with Gasteiger partial charge in [0, 0.05) is 6.21 Å². The largest absolute Gasteiger partial charge is 0.417 e. The van der Waals surface area contributed by atoms with Gasteiger partial charge < -0.3 is 0 Å². The minimum absolute atomic E-state index is 0.0889. The van der Waals surface area contributed by atoms with Gasteiger partial charge in [-0.2, -0.15) is 13.2 Å². The van der Waals surface area contributed by atoms with Crippen molar-refractivity contribution in [3.05, 3.63) is 64.4 Å². The number of hydrogen-bond acceptors (Lipinski definition) is 1. The van der Waals surface area contributed by atoms with Crippen LogP contribution in [-0.2, 0) is 6.18 Å². The third-order valence-electron chi connectivity index (χ3n) is 2.47. The first-order chi connectivity index (χ1) is 9.36. The summed E-state index contributed by atoms with van der Waals surface area (Å²) in [7, 11) is 0. The molecule has 0 spiro atoms. The van der Waals surface area contributed by atoms with Crippen LogP contribution in [0.3, 0.4) is 0 Å². The number of benzene rings is 2. The highest BCUT2D eigenvalue weighted by Crippen LogP contribution is 2.36. The monoisotopic (exact) mass is 301 g/mol. The fraction of sp³-hybridized carbons (Fsp3) is 0.0714. The smallest absolute Gasteiger partial charge is 0.256 e. The summed E-state index contributed by atoms with van der Waals surface area (Å²) >= 11 is 5.50. The van der Waals surface area contributed by atoms with Crippen LogP contribution in [0.15, 0.2) is 47.5 Å². The zero-order valence-corrected chi connectivity index (χ0v) is 10.7. The number of aliphatic imine (C=N–C) groups is 1. The average Bonchev–Trinajstić information content (AvgIpc) is 2.36. The van der Waals surface area contributed by atoms with E-state index < -0.39 is 17.6 Å². The van der Waals surface area contributed by atoms with Crippen LogP contribution >= 0.6 is 11.6 Å². The lowest BCUT2D eigenvalue weighted by molar-refractivity contribution is -0.137. The Labute approximate surface area is 117 Å². The van der Waals surface area contributed by atoms with Gasteiger partial charge in [-0.05, 0) is 35.9 Å². The van der Waals surface area contributed by atoms with Gasteiger partial charge in [-0.15, -0.1) is 0 Å². The molecule has 1 nitrogen and oxygen atoms in total. The molecular formula is C14H8ClF4N. The molecule has 0 saturated carbocycles. The van der Waals surface area contributed by atoms with Gasteiger partial charge in [-0.1, -0.05) is 23.7 Å². The molecule has 0 atom stereocenters. The van der Waals surface area contributed by atoms with Gasteiger partial charge in [0.2, 0.25) is 0 Å². The Hall–Kier alpha value is -1.88. The number of alkyl halides is 3. The fourth-order valence-corrected chi connectivity index (χ4v) is 1.77. The Bertz CT molecular complexity index is 650. The van der Waals surface area contributed by atoms with Crippen molar-refractivity contribution in [1.29, 1.82) is 0 Å². The number of nitrogens with zero attached hydrogens (tertiary/aromatic N) is 1. The van der Waals surface area contributed by atoms with E-state index in [-0.39, 0.29) is 10.7 Å². The molecule has 0 aromatic heterocycles. The second-order valence-corrected chi connectivity index (χ2v) is 4.38. The van der Waals surface area contributed by atoms with Gasteiger partial charge in [0.05, 0.1) is 16.3 Å². The number of hydrogen-bond donors (Lipinski definition) is 0. The van der Waals surface area contributed by atoms with Crippen molar-refractivity contribution in [3.8, 4) is 0 Å². The Morgan fingerprint density at radius 1 is 1.05 bits per heavy atom. The Morgan fingerprint density at radius 3 is 2.45 bits per heavy atom. The SMILES string of the molecule is Fc1cccc(/C=N/c2ccc(Cl)c(C(F)(F)F)c2)c1. The van der Waals surface area contributed by atoms with E-state index >= 15 is 0 Å². The normalized spacial score (nSPS) is 12.1. The summed E-state index contributed by atoms with van der Waals surface area (Å²) in [4.78, 5) is 3.88. The first-order valence-electron chi connectivity index (χ1n) is 5.52. The van der Waals surface area contributed by atoms with Gasteiger partial charge >= 0.3 is 6.18 Å². The van der Waals surface area contributed by atoms with Crippen molar-refractivity contribution in [1.82, 2.24) is 0 Å². The highest BCUT2D eigenvalue weighted by atomic mass is 35.5. The molecule has 0 unspecified atom stereocenters. The van der Waals surface area contributed by atoms with Crippen molar-refractivity contribution in [3.63, 3.8) is 0 Å². The topological polar surface area (TPSA) is 12.4 Å². The highest BCUT2D eigenvalue weighted by molar-refractivity contribution is 6.31. The minimum Gasteiger partial charge on any atom is -0.256 e. The lowest BCUT2D eigenvalue weighted by atomic mass is 10.2. The maximum absolute atomic E-state index is 12.9. The molecule has 0 saturated heterocycles. The van der Waals surface area contributed by atoms with E-state index in [1.807, 2.05) is 0 Å². The molecule has 6 heteroatoms. The second-order valence-electron chi connectivity index (χ2n) is 3.98. The molecule has 2 aromatic carbocycles. The van der Waals surface area contributed by atoms with Crippen LogP contribution in [0.25, 0.3) is 0 Å². The third-order valence-corrected chi connectivity index (χ3v) is 2.80. The van der Waals surface area contributed by atoms with Crippen molar-refractivity contribution >= 4 is 23.5 Å². The molecule has 2 rings (SSSR count). The van der Waals surface area contributed by atoms with Crippen LogP contribution in [0.5, 0.6) is 0 Å². The molecule has 0 fully saturated rings. The quantitative estimate of drug-likeness (QED) is 0.531. The summed E-state index contributed by atoms with van der Waals surface area (Å²) in [6.45, 7) is 0. The summed E-state index contributed by atoms with van der Waals surface area (Å²) < 4.78 is 50.9. The lowest BCUT2D eigenvalue weighted by Crippen LogP contribution is -2.05. The molecule has 0 aliphatic carbocycles. The van der Waals surface area contributed by atoms with Crippen LogP contribution in [0, 0.1) is 5.82 Å². The van der Waals surface area contributed by atoms with Crippen LogP contribution in [-0.4, -0.2) is 6.21 Å². The minimum atomic E-state index is -4.54. The fourth-order valence-electron chi connectivity index (χ4n) is 1.55. The Kier molecular flexibility index (Phi) is 4.09. The van der Waals surface area contributed by atoms with E-state index in [4.69, 9.17) is 11.6 Å². The maximum Gasteiger partial charge on any atom is 0.417 e. The first kappa shape index (κ1) is 14.5. The molecule has 0 aliphatic rings. The predicted molar refractivity (Wildman–Crippen MR) is 70.1 cm³/mol. The molecule has 0 aliphatic heterocycles. The molecule has 0 heterocycles. The van der Waals surface area contributed by atoms with Gasteiger partial charge in [-0.3, -0.25) is 4.99 Å². The summed E-state index contributed by atoms with van der Waals surface area (Å²) in [5.41, 5.74) is -0.410. The summed E-state index contributed by atoms with van der Waals surface area (Å²) in [6.07, 6.45) is -3.26. The van der Waals surface area contributed by atoms with E-state index in [1.54, 1.807) is 6.07 Å². The summed E-state index contributed by atoms with van der Waals surface area (Å²) in [5, 5.41) is -0.387. The van der Waals surface area contributed by atoms with E-state index in [1.165, 1.54) is 30.5 Å². The molecule has 104 valence electrons. The number of halogens is 5. The summed E-state index contributed by atoms with van der Waals surface area (Å²) in [6, 6.07) is 8.90. The van der Waals surface area contributed by atoms with Gasteiger partial charge in [0.25, 0.3) is 0 Å². The molecule has 2 aromatic rings. The average molecular weight is 302 g/mol. The zero-order valence-electron chi connectivity index (χ0n) is 9.96. The zero-order chi connectivity index (χ0) is 14.8. The number of rotatable bonds is 2. The first-order valence-corrected chi connectivity index (χ1v) is 5.90. The van der Waals surface area contributed by atoms with Crippen LogP contribution in [0.4, 0.5) is 23.2 Å². The van der Waals surface area contributed by atoms with Crippen molar-refractivity contribution in [2.75, 3.05) is 0 Å². The lowest BCUT2D eigenvalue weighted by Gasteiger charge is -2.09. The van der Waals surface area contributed by atoms with Gasteiger partial charge in [-0.25, -0.2) is 4.39 Å². The van der Waals surface area contributed by atoms with E-state index in [2.05, 4.69) is 4.99 Å². The molecule has 0 amide bonds. The third kappa shape index (κ3) is 3.57. The van der Waals surface area contributed by atoms with Gasteiger partial charge in [0.1, 0.15) is 5.82 Å². The molecule has 20 heavy (non-hydrogen) atoms. The van der Waals surface area contributed by atoms with E-state index in [0.29, 0.717) is 5.56 Å². The predicted octanol–water partition coefficient (Wildman–Crippen LogP) is 5.25. The van der Waals surface area contributed by atoms with Gasteiger partial charge in [0.15, 0.2) is 0 Å². The summed E-state index contributed by atoms with van der Waals surface area (Å²) in [5.74, 6) is -0.443. The van der Waals surface area contributed by atoms with Crippen LogP contribution < -0.4 is 0 Å². The molecule has 0 bridgehead atoms. The standard InChI is InChI=1S/C14H8ClF4N/c15-13-5-4-11(7-12(13)14(17,18)19)20-8-9-2-1-3-10(16)6-9/h1-8H/b20-8+. The van der Waals surface area contributed by atoms with E-state index in [9.17, 15) is 17.6 Å². The van der Waals surface area contributed by atoms with E-state index in [0.717, 1.165) is 12.1 Å². The molecular weight excluding hydrogens is 294 g/mol. The van der Waals surface area contributed by atoms with Crippen LogP contribution in [0.1, 0.15) is 11.1 Å².